The quantitative estimate of drug-likeness (QED) is 0.326. The Morgan fingerprint density at radius 2 is 1.63 bits per heavy atom. The Kier molecular flexibility index (Phi) is 9.10. The Balaban J connectivity index is 1.43. The first-order valence-electron chi connectivity index (χ1n) is 11.8. The fourth-order valence-electron chi connectivity index (χ4n) is 4.29. The van der Waals surface area contributed by atoms with Gasteiger partial charge in [0, 0.05) is 5.56 Å². The van der Waals surface area contributed by atoms with Gasteiger partial charge >= 0.3 is 0 Å². The number of hydrogen-bond donors (Lipinski definition) is 0. The highest BCUT2D eigenvalue weighted by Gasteiger charge is 2.20. The minimum Gasteiger partial charge on any atom is -0.494 e. The molecule has 0 aliphatic heterocycles. The van der Waals surface area contributed by atoms with Crippen LogP contribution in [0, 0.1) is 17.8 Å². The van der Waals surface area contributed by atoms with E-state index in [1.807, 2.05) is 37.3 Å². The van der Waals surface area contributed by atoms with E-state index in [1.165, 1.54) is 62.5 Å². The number of allylic oxidation sites excluding steroid dienone is 2. The molecule has 2 aromatic rings. The third kappa shape index (κ3) is 7.10. The summed E-state index contributed by atoms with van der Waals surface area (Å²) < 4.78 is 5.47. The van der Waals surface area contributed by atoms with Crippen LogP contribution in [0.2, 0.25) is 0 Å². The van der Waals surface area contributed by atoms with Crippen LogP contribution in [-0.2, 0) is 6.42 Å². The van der Waals surface area contributed by atoms with Crippen molar-refractivity contribution in [2.45, 2.75) is 71.1 Å². The van der Waals surface area contributed by atoms with Crippen LogP contribution in [0.4, 0.5) is 0 Å². The standard InChI is InChI=1S/C29H36O/c1-3-5-6-9-24-12-18-27(19-13-24)28-20-14-25(15-21-28)10-7-8-11-26-16-22-29(23-17-26)30-4-2/h7,10,12-13,16-19,22-23,25,28H,3-6,9,14-15,20-21H2,1-2H3/b10-7+/t25-,28-. The van der Waals surface area contributed by atoms with Crippen molar-refractivity contribution in [3.8, 4) is 17.6 Å². The second-order valence-corrected chi connectivity index (χ2v) is 8.40. The number of unbranched alkanes of at least 4 members (excludes halogenated alkanes) is 2. The Morgan fingerprint density at radius 1 is 0.900 bits per heavy atom. The lowest BCUT2D eigenvalue weighted by molar-refractivity contribution is 0.340. The Bertz CT molecular complexity index is 825. The molecule has 0 heterocycles. The van der Waals surface area contributed by atoms with Gasteiger partial charge in [0.2, 0.25) is 0 Å². The highest BCUT2D eigenvalue weighted by Crippen LogP contribution is 2.36. The Morgan fingerprint density at radius 3 is 2.30 bits per heavy atom. The van der Waals surface area contributed by atoms with Crippen molar-refractivity contribution >= 4 is 0 Å². The van der Waals surface area contributed by atoms with Gasteiger partial charge in [0.15, 0.2) is 0 Å². The highest BCUT2D eigenvalue weighted by molar-refractivity contribution is 5.40. The number of ether oxygens (including phenoxy) is 1. The van der Waals surface area contributed by atoms with Gasteiger partial charge in [-0.15, -0.1) is 0 Å². The molecule has 0 aromatic heterocycles. The van der Waals surface area contributed by atoms with Gasteiger partial charge in [-0.05, 0) is 98.8 Å². The van der Waals surface area contributed by atoms with Crippen LogP contribution in [0.25, 0.3) is 0 Å². The monoisotopic (exact) mass is 400 g/mol. The zero-order chi connectivity index (χ0) is 21.0. The molecule has 3 rings (SSSR count). The van der Waals surface area contributed by atoms with Crippen molar-refractivity contribution in [1.29, 1.82) is 0 Å². The van der Waals surface area contributed by atoms with Crippen LogP contribution in [-0.4, -0.2) is 6.61 Å². The van der Waals surface area contributed by atoms with Crippen LogP contribution in [0.1, 0.15) is 81.4 Å². The summed E-state index contributed by atoms with van der Waals surface area (Å²) >= 11 is 0. The summed E-state index contributed by atoms with van der Waals surface area (Å²) in [4.78, 5) is 0. The lowest BCUT2D eigenvalue weighted by atomic mass is 9.78. The minimum atomic E-state index is 0.671. The van der Waals surface area contributed by atoms with Crippen LogP contribution < -0.4 is 4.74 Å². The van der Waals surface area contributed by atoms with Crippen molar-refractivity contribution in [3.05, 3.63) is 77.4 Å². The molecular weight excluding hydrogens is 364 g/mol. The number of hydrogen-bond acceptors (Lipinski definition) is 1. The molecule has 0 radical (unpaired) electrons. The lowest BCUT2D eigenvalue weighted by Crippen LogP contribution is -2.11. The normalized spacial score (nSPS) is 18.7. The molecule has 1 nitrogen and oxygen atoms in total. The highest BCUT2D eigenvalue weighted by atomic mass is 16.5. The second kappa shape index (κ2) is 12.3. The summed E-state index contributed by atoms with van der Waals surface area (Å²) in [6.45, 7) is 4.96. The molecule has 0 N–H and O–H groups in total. The molecule has 0 spiro atoms. The topological polar surface area (TPSA) is 9.23 Å². The van der Waals surface area contributed by atoms with Crippen LogP contribution in [0.3, 0.4) is 0 Å². The maximum Gasteiger partial charge on any atom is 0.119 e. The second-order valence-electron chi connectivity index (χ2n) is 8.40. The largest absolute Gasteiger partial charge is 0.494 e. The average molecular weight is 401 g/mol. The smallest absolute Gasteiger partial charge is 0.119 e. The van der Waals surface area contributed by atoms with Crippen molar-refractivity contribution in [3.63, 3.8) is 0 Å². The van der Waals surface area contributed by atoms with Gasteiger partial charge in [-0.1, -0.05) is 61.9 Å². The summed E-state index contributed by atoms with van der Waals surface area (Å²) in [6, 6.07) is 17.5. The van der Waals surface area contributed by atoms with E-state index in [1.54, 1.807) is 0 Å². The number of aryl methyl sites for hydroxylation is 1. The molecule has 2 aromatic carbocycles. The first-order valence-corrected chi connectivity index (χ1v) is 11.8. The molecule has 0 amide bonds. The molecule has 1 saturated carbocycles. The SMILES string of the molecule is CCCCCc1ccc([C@H]2CC[C@H](/C=C/C#Cc3ccc(OCC)cc3)CC2)cc1. The molecule has 0 unspecified atom stereocenters. The zero-order valence-electron chi connectivity index (χ0n) is 18.7. The molecule has 0 atom stereocenters. The fraction of sp³-hybridized carbons (Fsp3) is 0.448. The van der Waals surface area contributed by atoms with Gasteiger partial charge in [-0.25, -0.2) is 0 Å². The van der Waals surface area contributed by atoms with Gasteiger partial charge in [-0.2, -0.15) is 0 Å². The molecule has 0 bridgehead atoms. The van der Waals surface area contributed by atoms with Gasteiger partial charge in [0.25, 0.3) is 0 Å². The van der Waals surface area contributed by atoms with E-state index in [-0.39, 0.29) is 0 Å². The summed E-state index contributed by atoms with van der Waals surface area (Å²) in [7, 11) is 0. The van der Waals surface area contributed by atoms with E-state index in [4.69, 9.17) is 4.74 Å². The summed E-state index contributed by atoms with van der Waals surface area (Å²) in [6.07, 6.45) is 14.6. The van der Waals surface area contributed by atoms with Crippen molar-refractivity contribution in [1.82, 2.24) is 0 Å². The van der Waals surface area contributed by atoms with Gasteiger partial charge in [0.1, 0.15) is 5.75 Å². The maximum absolute atomic E-state index is 5.47. The Labute approximate surface area is 183 Å². The summed E-state index contributed by atoms with van der Waals surface area (Å²) in [5, 5.41) is 0. The predicted molar refractivity (Wildman–Crippen MR) is 128 cm³/mol. The summed E-state index contributed by atoms with van der Waals surface area (Å²) in [5.74, 6) is 8.72. The van der Waals surface area contributed by atoms with E-state index < -0.39 is 0 Å². The molecule has 30 heavy (non-hydrogen) atoms. The first kappa shape index (κ1) is 22.2. The molecule has 158 valence electrons. The minimum absolute atomic E-state index is 0.671. The summed E-state index contributed by atoms with van der Waals surface area (Å²) in [5.41, 5.74) is 4.06. The van der Waals surface area contributed by atoms with E-state index in [0.717, 1.165) is 17.2 Å². The number of rotatable bonds is 8. The predicted octanol–water partition coefficient (Wildman–Crippen LogP) is 7.70. The molecule has 1 heteroatoms. The molecular formula is C29H36O. The first-order chi connectivity index (χ1) is 14.8. The van der Waals surface area contributed by atoms with Crippen LogP contribution in [0.5, 0.6) is 5.75 Å². The fourth-order valence-corrected chi connectivity index (χ4v) is 4.29. The van der Waals surface area contributed by atoms with Crippen molar-refractivity contribution in [2.24, 2.45) is 5.92 Å². The molecule has 0 saturated heterocycles. The third-order valence-corrected chi connectivity index (χ3v) is 6.13. The third-order valence-electron chi connectivity index (χ3n) is 6.13. The van der Waals surface area contributed by atoms with Gasteiger partial charge in [-0.3, -0.25) is 0 Å². The molecule has 1 fully saturated rings. The number of benzene rings is 2. The van der Waals surface area contributed by atoms with E-state index in [2.05, 4.69) is 49.1 Å². The van der Waals surface area contributed by atoms with Gasteiger partial charge < -0.3 is 4.74 Å². The maximum atomic E-state index is 5.47. The van der Waals surface area contributed by atoms with E-state index >= 15 is 0 Å². The Hall–Kier alpha value is -2.46. The van der Waals surface area contributed by atoms with Crippen molar-refractivity contribution in [2.75, 3.05) is 6.61 Å². The average Bonchev–Trinajstić information content (AvgIpc) is 2.79. The van der Waals surface area contributed by atoms with Crippen LogP contribution >= 0.6 is 0 Å². The van der Waals surface area contributed by atoms with Crippen LogP contribution in [0.15, 0.2) is 60.7 Å². The zero-order valence-corrected chi connectivity index (χ0v) is 18.7. The van der Waals surface area contributed by atoms with E-state index in [9.17, 15) is 0 Å². The lowest BCUT2D eigenvalue weighted by Gasteiger charge is -2.27. The van der Waals surface area contributed by atoms with Gasteiger partial charge in [0.05, 0.1) is 6.61 Å². The molecule has 1 aliphatic carbocycles. The van der Waals surface area contributed by atoms with Crippen molar-refractivity contribution < 1.29 is 4.74 Å². The molecule has 1 aliphatic rings. The van der Waals surface area contributed by atoms with E-state index in [0.29, 0.717) is 12.5 Å².